The number of piperidine rings is 1. The van der Waals surface area contributed by atoms with Crippen molar-refractivity contribution in [2.75, 3.05) is 26.2 Å². The third kappa shape index (κ3) is 6.06. The van der Waals surface area contributed by atoms with Gasteiger partial charge in [0.1, 0.15) is 0 Å². The lowest BCUT2D eigenvalue weighted by Crippen LogP contribution is -2.44. The number of nitrogens with zero attached hydrogens (tertiary/aromatic N) is 2. The molecule has 1 aliphatic rings. The van der Waals surface area contributed by atoms with Gasteiger partial charge in [-0.05, 0) is 50.3 Å². The van der Waals surface area contributed by atoms with Gasteiger partial charge in [-0.1, -0.05) is 48.0 Å². The van der Waals surface area contributed by atoms with Gasteiger partial charge in [-0.15, -0.1) is 0 Å². The van der Waals surface area contributed by atoms with Crippen molar-refractivity contribution >= 4 is 16.0 Å². The first-order valence-electron chi connectivity index (χ1n) is 10.6. The summed E-state index contributed by atoms with van der Waals surface area (Å²) < 4.78 is 27.1. The zero-order valence-electron chi connectivity index (χ0n) is 17.8. The second-order valence-corrected chi connectivity index (χ2v) is 9.66. The number of hydrogen-bond acceptors (Lipinski definition) is 3. The number of guanidine groups is 1. The first kappa shape index (κ1) is 22.3. The SMILES string of the molecule is CCNC(=NCc1ccc(C)cc1)NCC1CCN(S(=O)(=O)c2ccccc2)CC1. The molecule has 0 saturated carbocycles. The van der Waals surface area contributed by atoms with E-state index in [-0.39, 0.29) is 0 Å². The first-order chi connectivity index (χ1) is 14.5. The lowest BCUT2D eigenvalue weighted by molar-refractivity contribution is 0.273. The van der Waals surface area contributed by atoms with Gasteiger partial charge in [0.05, 0.1) is 11.4 Å². The lowest BCUT2D eigenvalue weighted by Gasteiger charge is -2.31. The normalized spacial score (nSPS) is 16.4. The van der Waals surface area contributed by atoms with E-state index in [1.54, 1.807) is 28.6 Å². The molecule has 2 N–H and O–H groups in total. The van der Waals surface area contributed by atoms with Crippen LogP contribution in [0.15, 0.2) is 64.5 Å². The van der Waals surface area contributed by atoms with E-state index in [2.05, 4.69) is 53.7 Å². The fourth-order valence-corrected chi connectivity index (χ4v) is 5.03. The average molecular weight is 429 g/mol. The average Bonchev–Trinajstić information content (AvgIpc) is 2.77. The van der Waals surface area contributed by atoms with Crippen LogP contribution in [0, 0.1) is 12.8 Å². The van der Waals surface area contributed by atoms with Crippen molar-refractivity contribution in [1.29, 1.82) is 0 Å². The summed E-state index contributed by atoms with van der Waals surface area (Å²) in [7, 11) is -3.39. The van der Waals surface area contributed by atoms with Gasteiger partial charge in [-0.3, -0.25) is 0 Å². The van der Waals surface area contributed by atoms with E-state index in [1.165, 1.54) is 11.1 Å². The molecule has 7 heteroatoms. The number of hydrogen-bond donors (Lipinski definition) is 2. The Bertz CT molecular complexity index is 919. The number of aliphatic imine (C=N–C) groups is 1. The summed E-state index contributed by atoms with van der Waals surface area (Å²) in [5.74, 6) is 1.23. The molecule has 1 heterocycles. The van der Waals surface area contributed by atoms with Crippen molar-refractivity contribution in [3.63, 3.8) is 0 Å². The highest BCUT2D eigenvalue weighted by molar-refractivity contribution is 7.89. The fourth-order valence-electron chi connectivity index (χ4n) is 3.54. The number of sulfonamides is 1. The van der Waals surface area contributed by atoms with Crippen molar-refractivity contribution in [3.05, 3.63) is 65.7 Å². The Labute approximate surface area is 180 Å². The molecule has 1 aliphatic heterocycles. The van der Waals surface area contributed by atoms with Crippen molar-refractivity contribution in [3.8, 4) is 0 Å². The number of aryl methyl sites for hydroxylation is 1. The molecular formula is C23H32N4O2S. The summed E-state index contributed by atoms with van der Waals surface area (Å²) >= 11 is 0. The molecule has 1 saturated heterocycles. The second kappa shape index (κ2) is 10.6. The predicted molar refractivity (Wildman–Crippen MR) is 122 cm³/mol. The summed E-state index contributed by atoms with van der Waals surface area (Å²) in [6, 6.07) is 17.1. The topological polar surface area (TPSA) is 73.8 Å². The van der Waals surface area contributed by atoms with Crippen LogP contribution in [0.4, 0.5) is 0 Å². The van der Waals surface area contributed by atoms with Crippen molar-refractivity contribution < 1.29 is 8.42 Å². The molecule has 0 unspecified atom stereocenters. The van der Waals surface area contributed by atoms with E-state index in [0.29, 0.717) is 30.4 Å². The van der Waals surface area contributed by atoms with Gasteiger partial charge in [-0.2, -0.15) is 4.31 Å². The van der Waals surface area contributed by atoms with Crippen molar-refractivity contribution in [2.24, 2.45) is 10.9 Å². The van der Waals surface area contributed by atoms with E-state index >= 15 is 0 Å². The highest BCUT2D eigenvalue weighted by atomic mass is 32.2. The maximum absolute atomic E-state index is 12.8. The quantitative estimate of drug-likeness (QED) is 0.525. The summed E-state index contributed by atoms with van der Waals surface area (Å²) in [4.78, 5) is 5.05. The van der Waals surface area contributed by atoms with E-state index in [4.69, 9.17) is 0 Å². The van der Waals surface area contributed by atoms with Crippen LogP contribution >= 0.6 is 0 Å². The van der Waals surface area contributed by atoms with Gasteiger partial charge >= 0.3 is 0 Å². The molecule has 1 fully saturated rings. The van der Waals surface area contributed by atoms with E-state index < -0.39 is 10.0 Å². The molecule has 162 valence electrons. The highest BCUT2D eigenvalue weighted by Crippen LogP contribution is 2.23. The molecule has 0 radical (unpaired) electrons. The van der Waals surface area contributed by atoms with E-state index in [0.717, 1.165) is 31.9 Å². The summed E-state index contributed by atoms with van der Waals surface area (Å²) in [5, 5.41) is 6.72. The van der Waals surface area contributed by atoms with Crippen LogP contribution < -0.4 is 10.6 Å². The minimum absolute atomic E-state index is 0.374. The fraction of sp³-hybridized carbons (Fsp3) is 0.435. The van der Waals surface area contributed by atoms with Gasteiger partial charge in [0, 0.05) is 26.2 Å². The minimum atomic E-state index is -3.39. The zero-order chi connectivity index (χ0) is 21.4. The molecule has 0 aliphatic carbocycles. The Kier molecular flexibility index (Phi) is 7.87. The molecular weight excluding hydrogens is 396 g/mol. The summed E-state index contributed by atoms with van der Waals surface area (Å²) in [6.07, 6.45) is 1.69. The molecule has 6 nitrogen and oxygen atoms in total. The van der Waals surface area contributed by atoms with Gasteiger partial charge in [0.25, 0.3) is 0 Å². The molecule has 2 aromatic rings. The Balaban J connectivity index is 1.50. The van der Waals surface area contributed by atoms with Crippen molar-refractivity contribution in [1.82, 2.24) is 14.9 Å². The van der Waals surface area contributed by atoms with Crippen LogP contribution in [-0.4, -0.2) is 44.9 Å². The standard InChI is InChI=1S/C23H32N4O2S/c1-3-24-23(25-17-20-11-9-19(2)10-12-20)26-18-21-13-15-27(16-14-21)30(28,29)22-7-5-4-6-8-22/h4-12,21H,3,13-18H2,1-2H3,(H2,24,25,26). The van der Waals surface area contributed by atoms with Gasteiger partial charge in [0.15, 0.2) is 5.96 Å². The monoisotopic (exact) mass is 428 g/mol. The van der Waals surface area contributed by atoms with E-state index in [9.17, 15) is 8.42 Å². The minimum Gasteiger partial charge on any atom is -0.357 e. The van der Waals surface area contributed by atoms with Crippen LogP contribution in [0.2, 0.25) is 0 Å². The third-order valence-corrected chi connectivity index (χ3v) is 7.31. The smallest absolute Gasteiger partial charge is 0.243 e. The number of rotatable bonds is 7. The van der Waals surface area contributed by atoms with Crippen LogP contribution in [0.25, 0.3) is 0 Å². The Morgan fingerprint density at radius 2 is 1.70 bits per heavy atom. The maximum Gasteiger partial charge on any atom is 0.243 e. The Morgan fingerprint density at radius 3 is 2.33 bits per heavy atom. The highest BCUT2D eigenvalue weighted by Gasteiger charge is 2.29. The van der Waals surface area contributed by atoms with Crippen LogP contribution in [-0.2, 0) is 16.6 Å². The van der Waals surface area contributed by atoms with E-state index in [1.807, 2.05) is 6.07 Å². The second-order valence-electron chi connectivity index (χ2n) is 7.72. The van der Waals surface area contributed by atoms with Gasteiger partial charge < -0.3 is 10.6 Å². The zero-order valence-corrected chi connectivity index (χ0v) is 18.7. The van der Waals surface area contributed by atoms with Crippen LogP contribution in [0.3, 0.4) is 0 Å². The van der Waals surface area contributed by atoms with Gasteiger partial charge in [-0.25, -0.2) is 13.4 Å². The van der Waals surface area contributed by atoms with Crippen molar-refractivity contribution in [2.45, 2.75) is 38.1 Å². The molecule has 2 aromatic carbocycles. The third-order valence-electron chi connectivity index (χ3n) is 5.40. The molecule has 0 aromatic heterocycles. The summed E-state index contributed by atoms with van der Waals surface area (Å²) in [5.41, 5.74) is 2.42. The van der Waals surface area contributed by atoms with Crippen LogP contribution in [0.5, 0.6) is 0 Å². The molecule has 3 rings (SSSR count). The first-order valence-corrected chi connectivity index (χ1v) is 12.1. The Hall–Kier alpha value is -2.38. The maximum atomic E-state index is 12.8. The molecule has 30 heavy (non-hydrogen) atoms. The Morgan fingerprint density at radius 1 is 1.03 bits per heavy atom. The van der Waals surface area contributed by atoms with Crippen LogP contribution in [0.1, 0.15) is 30.9 Å². The van der Waals surface area contributed by atoms with Gasteiger partial charge in [0.2, 0.25) is 10.0 Å². The number of nitrogens with one attached hydrogen (secondary N) is 2. The lowest BCUT2D eigenvalue weighted by atomic mass is 9.98. The molecule has 0 atom stereocenters. The molecule has 0 spiro atoms. The predicted octanol–water partition coefficient (Wildman–Crippen LogP) is 3.15. The molecule has 0 bridgehead atoms. The number of benzene rings is 2. The summed E-state index contributed by atoms with van der Waals surface area (Å²) in [6.45, 7) is 7.46. The molecule has 0 amide bonds. The largest absolute Gasteiger partial charge is 0.357 e.